The predicted octanol–water partition coefficient (Wildman–Crippen LogP) is 4.16. The lowest BCUT2D eigenvalue weighted by molar-refractivity contribution is -0.132. The van der Waals surface area contributed by atoms with Crippen molar-refractivity contribution in [3.8, 4) is 10.8 Å². The quantitative estimate of drug-likeness (QED) is 0.562. The first-order chi connectivity index (χ1) is 11.1. The maximum atomic E-state index is 12.2. The summed E-state index contributed by atoms with van der Waals surface area (Å²) in [6.07, 6.45) is 1.44. The van der Waals surface area contributed by atoms with Gasteiger partial charge in [-0.1, -0.05) is 13.0 Å². The Morgan fingerprint density at radius 2 is 2.17 bits per heavy atom. The molecular weight excluding hydrogens is 314 g/mol. The number of nitrogens with zero attached hydrogens (tertiary/aromatic N) is 1. The smallest absolute Gasteiger partial charge is 0.331 e. The Hall–Kier alpha value is -2.73. The number of ketones is 1. The van der Waals surface area contributed by atoms with Crippen LogP contribution in [0.4, 0.5) is 0 Å². The fourth-order valence-electron chi connectivity index (χ4n) is 2.14. The van der Waals surface area contributed by atoms with Gasteiger partial charge in [0.1, 0.15) is 5.52 Å². The molecule has 0 amide bonds. The molecule has 0 bridgehead atoms. The van der Waals surface area contributed by atoms with Crippen LogP contribution < -0.4 is 0 Å². The van der Waals surface area contributed by atoms with Crippen LogP contribution in [0.2, 0.25) is 0 Å². The van der Waals surface area contributed by atoms with Crippen molar-refractivity contribution in [2.75, 3.05) is 0 Å². The zero-order valence-electron chi connectivity index (χ0n) is 12.3. The van der Waals surface area contributed by atoms with Crippen molar-refractivity contribution in [2.24, 2.45) is 0 Å². The molecule has 2 aromatic heterocycles. The molecule has 116 valence electrons. The second-order valence-electron chi connectivity index (χ2n) is 4.87. The molecule has 0 atom stereocenters. The zero-order chi connectivity index (χ0) is 16.4. The highest BCUT2D eigenvalue weighted by Gasteiger charge is 2.13. The second kappa shape index (κ2) is 6.18. The van der Waals surface area contributed by atoms with Gasteiger partial charge in [-0.15, -0.1) is 11.3 Å². The lowest BCUT2D eigenvalue weighted by Crippen LogP contribution is -2.03. The van der Waals surface area contributed by atoms with E-state index in [1.165, 1.54) is 11.3 Å². The van der Waals surface area contributed by atoms with Crippen molar-refractivity contribution in [1.82, 2.24) is 4.98 Å². The van der Waals surface area contributed by atoms with Crippen LogP contribution in [0.5, 0.6) is 0 Å². The number of benzene rings is 1. The highest BCUT2D eigenvalue weighted by molar-refractivity contribution is 7.13. The van der Waals surface area contributed by atoms with E-state index < -0.39 is 5.97 Å². The first-order valence-corrected chi connectivity index (χ1v) is 7.89. The van der Waals surface area contributed by atoms with Crippen molar-refractivity contribution in [2.45, 2.75) is 13.3 Å². The summed E-state index contributed by atoms with van der Waals surface area (Å²) in [6, 6.07) is 8.73. The molecule has 3 rings (SSSR count). The number of hydrogen-bond donors (Lipinski definition) is 1. The molecule has 0 saturated carbocycles. The first kappa shape index (κ1) is 15.2. The standard InChI is InChI=1S/C17H13NO4S/c1-2-10(17(20)21)8-13(19)11-5-6-12-14(9-11)22-16(18-12)15-4-3-7-23-15/h3-9H,2H2,1H3,(H,20,21). The fourth-order valence-corrected chi connectivity index (χ4v) is 2.79. The molecule has 0 fully saturated rings. The largest absolute Gasteiger partial charge is 0.478 e. The SMILES string of the molecule is CCC(=CC(=O)c1ccc2nc(-c3cccs3)oc2c1)C(=O)O. The van der Waals surface area contributed by atoms with Gasteiger partial charge >= 0.3 is 5.97 Å². The van der Waals surface area contributed by atoms with E-state index in [1.807, 2.05) is 17.5 Å². The average molecular weight is 327 g/mol. The lowest BCUT2D eigenvalue weighted by Gasteiger charge is -1.98. The van der Waals surface area contributed by atoms with Crippen LogP contribution in [0.3, 0.4) is 0 Å². The molecular formula is C17H13NO4S. The van der Waals surface area contributed by atoms with Gasteiger partial charge in [-0.05, 0) is 42.1 Å². The molecule has 0 aliphatic heterocycles. The van der Waals surface area contributed by atoms with E-state index in [2.05, 4.69) is 4.98 Å². The molecule has 0 unspecified atom stereocenters. The van der Waals surface area contributed by atoms with Crippen molar-refractivity contribution in [1.29, 1.82) is 0 Å². The molecule has 0 aliphatic rings. The Kier molecular flexibility index (Phi) is 4.08. The number of carboxylic acid groups (broad SMARTS) is 1. The number of carboxylic acids is 1. The molecule has 5 nitrogen and oxygen atoms in total. The van der Waals surface area contributed by atoms with Crippen molar-refractivity contribution in [3.05, 3.63) is 52.9 Å². The van der Waals surface area contributed by atoms with E-state index in [0.29, 0.717) is 22.6 Å². The predicted molar refractivity (Wildman–Crippen MR) is 87.7 cm³/mol. The summed E-state index contributed by atoms with van der Waals surface area (Å²) >= 11 is 1.52. The number of oxazole rings is 1. The van der Waals surface area contributed by atoms with Crippen molar-refractivity contribution < 1.29 is 19.1 Å². The number of aromatic nitrogens is 1. The van der Waals surface area contributed by atoms with Crippen molar-refractivity contribution >= 4 is 34.2 Å². The summed E-state index contributed by atoms with van der Waals surface area (Å²) in [5.74, 6) is -0.934. The topological polar surface area (TPSA) is 80.4 Å². The molecule has 0 aliphatic carbocycles. The third-order valence-electron chi connectivity index (χ3n) is 3.37. The van der Waals surface area contributed by atoms with Gasteiger partial charge in [0, 0.05) is 11.1 Å². The summed E-state index contributed by atoms with van der Waals surface area (Å²) in [6.45, 7) is 1.69. The van der Waals surface area contributed by atoms with E-state index in [-0.39, 0.29) is 17.8 Å². The van der Waals surface area contributed by atoms with Gasteiger partial charge < -0.3 is 9.52 Å². The lowest BCUT2D eigenvalue weighted by atomic mass is 10.1. The van der Waals surface area contributed by atoms with Crippen LogP contribution in [-0.2, 0) is 4.79 Å². The molecule has 0 spiro atoms. The minimum Gasteiger partial charge on any atom is -0.478 e. The summed E-state index contributed by atoms with van der Waals surface area (Å²) in [4.78, 5) is 28.5. The summed E-state index contributed by atoms with van der Waals surface area (Å²) in [5.41, 5.74) is 1.61. The van der Waals surface area contributed by atoms with Crippen LogP contribution in [0.25, 0.3) is 21.9 Å². The van der Waals surface area contributed by atoms with E-state index in [0.717, 1.165) is 11.0 Å². The van der Waals surface area contributed by atoms with E-state index in [1.54, 1.807) is 25.1 Å². The molecule has 0 radical (unpaired) electrons. The number of carbonyl (C=O) groups is 2. The maximum absolute atomic E-state index is 12.2. The Balaban J connectivity index is 1.97. The number of carbonyl (C=O) groups excluding carboxylic acids is 1. The Labute approximate surface area is 135 Å². The van der Waals surface area contributed by atoms with E-state index in [9.17, 15) is 9.59 Å². The third-order valence-corrected chi connectivity index (χ3v) is 4.22. The Morgan fingerprint density at radius 1 is 1.35 bits per heavy atom. The van der Waals surface area contributed by atoms with E-state index in [4.69, 9.17) is 9.52 Å². The Morgan fingerprint density at radius 3 is 2.83 bits per heavy atom. The minimum atomic E-state index is -1.08. The minimum absolute atomic E-state index is 0.0759. The molecule has 1 N–H and O–H groups in total. The third kappa shape index (κ3) is 3.07. The molecule has 1 aromatic carbocycles. The van der Waals surface area contributed by atoms with Crippen LogP contribution in [-0.4, -0.2) is 21.8 Å². The molecule has 0 saturated heterocycles. The van der Waals surface area contributed by atoms with Gasteiger partial charge in [0.15, 0.2) is 11.4 Å². The summed E-state index contributed by atoms with van der Waals surface area (Å²) < 4.78 is 5.69. The first-order valence-electron chi connectivity index (χ1n) is 7.01. The monoisotopic (exact) mass is 327 g/mol. The maximum Gasteiger partial charge on any atom is 0.331 e. The number of aliphatic carboxylic acids is 1. The van der Waals surface area contributed by atoms with Crippen molar-refractivity contribution in [3.63, 3.8) is 0 Å². The number of thiophene rings is 1. The van der Waals surface area contributed by atoms with Crippen LogP contribution in [0, 0.1) is 0 Å². The molecule has 3 aromatic rings. The molecule has 2 heterocycles. The van der Waals surface area contributed by atoms with Gasteiger partial charge in [0.2, 0.25) is 5.89 Å². The number of rotatable bonds is 5. The van der Waals surface area contributed by atoms with Crippen LogP contribution in [0.1, 0.15) is 23.7 Å². The zero-order valence-corrected chi connectivity index (χ0v) is 13.1. The number of hydrogen-bond acceptors (Lipinski definition) is 5. The summed E-state index contributed by atoms with van der Waals surface area (Å²) in [5, 5.41) is 10.9. The van der Waals surface area contributed by atoms with Crippen LogP contribution >= 0.6 is 11.3 Å². The fraction of sp³-hybridized carbons (Fsp3) is 0.118. The van der Waals surface area contributed by atoms with Gasteiger partial charge in [0.05, 0.1) is 4.88 Å². The van der Waals surface area contributed by atoms with Gasteiger partial charge in [-0.3, -0.25) is 4.79 Å². The van der Waals surface area contributed by atoms with E-state index >= 15 is 0 Å². The summed E-state index contributed by atoms with van der Waals surface area (Å²) in [7, 11) is 0. The average Bonchev–Trinajstić information content (AvgIpc) is 3.19. The second-order valence-corrected chi connectivity index (χ2v) is 5.82. The van der Waals surface area contributed by atoms with Gasteiger partial charge in [-0.25, -0.2) is 9.78 Å². The van der Waals surface area contributed by atoms with Gasteiger partial charge in [-0.2, -0.15) is 0 Å². The normalized spacial score (nSPS) is 11.8. The van der Waals surface area contributed by atoms with Gasteiger partial charge in [0.25, 0.3) is 0 Å². The molecule has 6 heteroatoms. The number of allylic oxidation sites excluding steroid dienone is 1. The Bertz CT molecular complexity index is 906. The highest BCUT2D eigenvalue weighted by Crippen LogP contribution is 2.28. The molecule has 23 heavy (non-hydrogen) atoms. The highest BCUT2D eigenvalue weighted by atomic mass is 32.1. The number of fused-ring (bicyclic) bond motifs is 1. The van der Waals surface area contributed by atoms with Crippen LogP contribution in [0.15, 0.2) is 51.8 Å².